The van der Waals surface area contributed by atoms with E-state index in [9.17, 15) is 0 Å². The van der Waals surface area contributed by atoms with Crippen molar-refractivity contribution in [1.82, 2.24) is 10.2 Å². The molecule has 0 aliphatic carbocycles. The van der Waals surface area contributed by atoms with E-state index in [2.05, 4.69) is 55.1 Å². The van der Waals surface area contributed by atoms with Crippen molar-refractivity contribution >= 4 is 31.9 Å². The summed E-state index contributed by atoms with van der Waals surface area (Å²) in [6.07, 6.45) is 2.69. The highest BCUT2D eigenvalue weighted by Gasteiger charge is 2.15. The molecule has 0 spiro atoms. The molecule has 1 aliphatic heterocycles. The van der Waals surface area contributed by atoms with Crippen LogP contribution in [0.15, 0.2) is 21.1 Å². The van der Waals surface area contributed by atoms with Crippen LogP contribution in [-0.2, 0) is 6.54 Å². The van der Waals surface area contributed by atoms with Gasteiger partial charge in [-0.2, -0.15) is 0 Å². The van der Waals surface area contributed by atoms with Crippen molar-refractivity contribution < 1.29 is 4.74 Å². The predicted octanol–water partition coefficient (Wildman–Crippen LogP) is 4.18. The fraction of sp³-hybridized carbons (Fsp3) is 0.625. The maximum Gasteiger partial charge on any atom is 0.138 e. The van der Waals surface area contributed by atoms with Gasteiger partial charge in [-0.25, -0.2) is 0 Å². The van der Waals surface area contributed by atoms with Gasteiger partial charge >= 0.3 is 0 Å². The van der Waals surface area contributed by atoms with Crippen LogP contribution in [-0.4, -0.2) is 37.2 Å². The number of ether oxygens (including phenoxy) is 1. The van der Waals surface area contributed by atoms with Crippen molar-refractivity contribution in [1.29, 1.82) is 0 Å². The average Bonchev–Trinajstić information content (AvgIpc) is 2.92. The largest absolute Gasteiger partial charge is 0.492 e. The minimum absolute atomic E-state index is 0.482. The van der Waals surface area contributed by atoms with Crippen LogP contribution >= 0.6 is 31.9 Å². The molecule has 0 saturated carbocycles. The third kappa shape index (κ3) is 5.23. The van der Waals surface area contributed by atoms with Gasteiger partial charge in [-0.1, -0.05) is 15.9 Å². The molecule has 2 rings (SSSR count). The van der Waals surface area contributed by atoms with Gasteiger partial charge in [-0.05, 0) is 67.8 Å². The maximum atomic E-state index is 5.77. The second-order valence-electron chi connectivity index (χ2n) is 5.60. The SMILES string of the molecule is CCOc1c(Br)cc(Br)cc1CNC(C)CN1CCCC1. The first kappa shape index (κ1) is 17.3. The van der Waals surface area contributed by atoms with Crippen LogP contribution < -0.4 is 10.1 Å². The molecule has 21 heavy (non-hydrogen) atoms. The van der Waals surface area contributed by atoms with Crippen molar-refractivity contribution in [3.8, 4) is 5.75 Å². The molecule has 1 heterocycles. The number of nitrogens with zero attached hydrogens (tertiary/aromatic N) is 1. The van der Waals surface area contributed by atoms with E-state index in [-0.39, 0.29) is 0 Å². The summed E-state index contributed by atoms with van der Waals surface area (Å²) in [5.41, 5.74) is 1.19. The van der Waals surface area contributed by atoms with Gasteiger partial charge < -0.3 is 15.0 Å². The normalized spacial score (nSPS) is 17.1. The molecule has 118 valence electrons. The number of halogens is 2. The molecule has 5 heteroatoms. The molecule has 1 N–H and O–H groups in total. The average molecular weight is 420 g/mol. The predicted molar refractivity (Wildman–Crippen MR) is 95.0 cm³/mol. The van der Waals surface area contributed by atoms with Gasteiger partial charge in [0.15, 0.2) is 0 Å². The van der Waals surface area contributed by atoms with Gasteiger partial charge in [0.1, 0.15) is 5.75 Å². The van der Waals surface area contributed by atoms with Gasteiger partial charge in [0, 0.05) is 29.2 Å². The quantitative estimate of drug-likeness (QED) is 0.717. The zero-order valence-electron chi connectivity index (χ0n) is 12.8. The van der Waals surface area contributed by atoms with E-state index in [0.717, 1.165) is 27.8 Å². The standard InChI is InChI=1S/C16H24Br2N2O/c1-3-21-16-13(8-14(17)9-15(16)18)10-19-12(2)11-20-6-4-5-7-20/h8-9,12,19H,3-7,10-11H2,1-2H3. The highest BCUT2D eigenvalue weighted by atomic mass is 79.9. The lowest BCUT2D eigenvalue weighted by Crippen LogP contribution is -2.37. The van der Waals surface area contributed by atoms with Gasteiger partial charge in [0.05, 0.1) is 11.1 Å². The molecule has 0 amide bonds. The lowest BCUT2D eigenvalue weighted by molar-refractivity contribution is 0.296. The molecule has 1 aliphatic rings. The van der Waals surface area contributed by atoms with Gasteiger partial charge in [0.25, 0.3) is 0 Å². The molecule has 1 atom stereocenters. The number of benzene rings is 1. The molecule has 1 saturated heterocycles. The summed E-state index contributed by atoms with van der Waals surface area (Å²) in [4.78, 5) is 2.54. The Hall–Kier alpha value is -0.100. The Kier molecular flexibility index (Phi) is 6.99. The molecule has 0 aromatic heterocycles. The number of hydrogen-bond donors (Lipinski definition) is 1. The minimum Gasteiger partial charge on any atom is -0.492 e. The Balaban J connectivity index is 1.94. The monoisotopic (exact) mass is 418 g/mol. The first-order chi connectivity index (χ1) is 10.1. The van der Waals surface area contributed by atoms with Crippen molar-refractivity contribution in [2.75, 3.05) is 26.2 Å². The van der Waals surface area contributed by atoms with Crippen molar-refractivity contribution in [3.05, 3.63) is 26.6 Å². The smallest absolute Gasteiger partial charge is 0.138 e. The summed E-state index contributed by atoms with van der Waals surface area (Å²) < 4.78 is 7.84. The lowest BCUT2D eigenvalue weighted by atomic mass is 10.2. The van der Waals surface area contributed by atoms with E-state index in [4.69, 9.17) is 4.74 Å². The molecule has 0 radical (unpaired) electrons. The van der Waals surface area contributed by atoms with Crippen LogP contribution in [0.4, 0.5) is 0 Å². The zero-order chi connectivity index (χ0) is 15.2. The third-order valence-corrected chi connectivity index (χ3v) is 4.79. The Labute approximate surface area is 144 Å². The molecular weight excluding hydrogens is 396 g/mol. The number of rotatable bonds is 7. The summed E-state index contributed by atoms with van der Waals surface area (Å²) in [7, 11) is 0. The lowest BCUT2D eigenvalue weighted by Gasteiger charge is -2.22. The molecule has 1 aromatic carbocycles. The molecule has 1 unspecified atom stereocenters. The van der Waals surface area contributed by atoms with Crippen molar-refractivity contribution in [3.63, 3.8) is 0 Å². The first-order valence-corrected chi connectivity index (χ1v) is 9.25. The summed E-state index contributed by atoms with van der Waals surface area (Å²) in [5, 5.41) is 3.62. The van der Waals surface area contributed by atoms with Crippen LogP contribution in [0, 0.1) is 0 Å². The zero-order valence-corrected chi connectivity index (χ0v) is 16.0. The Morgan fingerprint density at radius 3 is 2.67 bits per heavy atom. The molecular formula is C16H24Br2N2O. The number of nitrogens with one attached hydrogen (secondary N) is 1. The van der Waals surface area contributed by atoms with Crippen molar-refractivity contribution in [2.45, 2.75) is 39.3 Å². The van der Waals surface area contributed by atoms with E-state index in [1.54, 1.807) is 0 Å². The van der Waals surface area contributed by atoms with Crippen molar-refractivity contribution in [2.24, 2.45) is 0 Å². The van der Waals surface area contributed by atoms with Crippen LogP contribution in [0.25, 0.3) is 0 Å². The minimum atomic E-state index is 0.482. The summed E-state index contributed by atoms with van der Waals surface area (Å²) in [6, 6.07) is 4.64. The summed E-state index contributed by atoms with van der Waals surface area (Å²) in [6.45, 7) is 9.39. The van der Waals surface area contributed by atoms with Crippen LogP contribution in [0.1, 0.15) is 32.3 Å². The van der Waals surface area contributed by atoms with Gasteiger partial charge in [-0.15, -0.1) is 0 Å². The van der Waals surface area contributed by atoms with E-state index in [1.807, 2.05) is 13.0 Å². The Bertz CT molecular complexity index is 462. The Morgan fingerprint density at radius 1 is 1.29 bits per heavy atom. The van der Waals surface area contributed by atoms with Crippen LogP contribution in [0.5, 0.6) is 5.75 Å². The second kappa shape index (κ2) is 8.51. The topological polar surface area (TPSA) is 24.5 Å². The van der Waals surface area contributed by atoms with E-state index >= 15 is 0 Å². The van der Waals surface area contributed by atoms with Gasteiger partial charge in [0.2, 0.25) is 0 Å². The fourth-order valence-electron chi connectivity index (χ4n) is 2.75. The highest BCUT2D eigenvalue weighted by Crippen LogP contribution is 2.33. The Morgan fingerprint density at radius 2 is 2.00 bits per heavy atom. The van der Waals surface area contributed by atoms with Crippen LogP contribution in [0.2, 0.25) is 0 Å². The molecule has 0 bridgehead atoms. The number of likely N-dealkylation sites (tertiary alicyclic amines) is 1. The van der Waals surface area contributed by atoms with E-state index in [1.165, 1.54) is 31.5 Å². The first-order valence-electron chi connectivity index (χ1n) is 7.66. The molecule has 1 fully saturated rings. The highest BCUT2D eigenvalue weighted by molar-refractivity contribution is 9.11. The van der Waals surface area contributed by atoms with E-state index in [0.29, 0.717) is 12.6 Å². The second-order valence-corrected chi connectivity index (χ2v) is 7.37. The fourth-order valence-corrected chi connectivity index (χ4v) is 4.18. The van der Waals surface area contributed by atoms with Crippen LogP contribution in [0.3, 0.4) is 0 Å². The molecule has 3 nitrogen and oxygen atoms in total. The summed E-state index contributed by atoms with van der Waals surface area (Å²) >= 11 is 7.14. The van der Waals surface area contributed by atoms with Gasteiger partial charge in [-0.3, -0.25) is 0 Å². The maximum absolute atomic E-state index is 5.77. The molecule has 1 aromatic rings. The number of hydrogen-bond acceptors (Lipinski definition) is 3. The van der Waals surface area contributed by atoms with E-state index < -0.39 is 0 Å². The third-order valence-electron chi connectivity index (χ3n) is 3.75. The summed E-state index contributed by atoms with van der Waals surface area (Å²) in [5.74, 6) is 0.946.